The maximum atomic E-state index is 13.6. The van der Waals surface area contributed by atoms with Gasteiger partial charge in [0.05, 0.1) is 0 Å². The maximum absolute atomic E-state index is 13.6. The summed E-state index contributed by atoms with van der Waals surface area (Å²) in [6, 6.07) is 2.76. The highest BCUT2D eigenvalue weighted by Gasteiger charge is 2.20. The second kappa shape index (κ2) is 3.59. The van der Waals surface area contributed by atoms with E-state index in [9.17, 15) is 9.18 Å². The number of nitrogens with zero attached hydrogens (tertiary/aromatic N) is 2. The number of carbonyl (C=O) groups is 1. The van der Waals surface area contributed by atoms with E-state index in [-0.39, 0.29) is 17.1 Å². The third kappa shape index (κ3) is 1.44. The van der Waals surface area contributed by atoms with Gasteiger partial charge in [-0.1, -0.05) is 13.8 Å². The summed E-state index contributed by atoms with van der Waals surface area (Å²) in [7, 11) is 0. The minimum Gasteiger partial charge on any atom is -0.476 e. The number of fused-ring (bicyclic) bond motifs is 1. The van der Waals surface area contributed by atoms with Crippen molar-refractivity contribution in [1.82, 2.24) is 9.38 Å². The second-order valence-electron chi connectivity index (χ2n) is 3.85. The van der Waals surface area contributed by atoms with Crippen LogP contribution in [0, 0.1) is 5.82 Å². The summed E-state index contributed by atoms with van der Waals surface area (Å²) in [5.41, 5.74) is -0.208. The van der Waals surface area contributed by atoms with Gasteiger partial charge in [-0.15, -0.1) is 0 Å². The fourth-order valence-corrected chi connectivity index (χ4v) is 1.68. The van der Waals surface area contributed by atoms with Crippen LogP contribution in [0.5, 0.6) is 0 Å². The van der Waals surface area contributed by atoms with Gasteiger partial charge >= 0.3 is 5.97 Å². The lowest BCUT2D eigenvalue weighted by Gasteiger charge is -2.03. The van der Waals surface area contributed by atoms with Crippen LogP contribution in [0.1, 0.15) is 36.1 Å². The van der Waals surface area contributed by atoms with Gasteiger partial charge < -0.3 is 9.51 Å². The van der Waals surface area contributed by atoms with Crippen LogP contribution in [-0.4, -0.2) is 20.5 Å². The second-order valence-corrected chi connectivity index (χ2v) is 3.85. The Balaban J connectivity index is 2.87. The molecule has 2 aromatic rings. The molecule has 0 saturated heterocycles. The molecule has 16 heavy (non-hydrogen) atoms. The summed E-state index contributed by atoms with van der Waals surface area (Å²) in [6.07, 6.45) is 1.62. The lowest BCUT2D eigenvalue weighted by Crippen LogP contribution is -1.98. The van der Waals surface area contributed by atoms with Gasteiger partial charge in [-0.2, -0.15) is 0 Å². The molecule has 0 atom stereocenters. The van der Waals surface area contributed by atoms with Crippen molar-refractivity contribution in [3.63, 3.8) is 0 Å². The molecule has 0 bridgehead atoms. The van der Waals surface area contributed by atoms with Crippen LogP contribution < -0.4 is 0 Å². The Labute approximate surface area is 91.4 Å². The minimum absolute atomic E-state index is 0.0266. The van der Waals surface area contributed by atoms with E-state index >= 15 is 0 Å². The highest BCUT2D eigenvalue weighted by Crippen LogP contribution is 2.21. The van der Waals surface area contributed by atoms with Crippen molar-refractivity contribution in [2.75, 3.05) is 0 Å². The van der Waals surface area contributed by atoms with Crippen molar-refractivity contribution >= 4 is 11.5 Å². The van der Waals surface area contributed by atoms with Crippen LogP contribution in [0.4, 0.5) is 4.39 Å². The molecule has 0 saturated carbocycles. The lowest BCUT2D eigenvalue weighted by atomic mass is 10.2. The van der Waals surface area contributed by atoms with Gasteiger partial charge in [0, 0.05) is 12.1 Å². The smallest absolute Gasteiger partial charge is 0.356 e. The van der Waals surface area contributed by atoms with Crippen molar-refractivity contribution in [3.05, 3.63) is 35.7 Å². The van der Waals surface area contributed by atoms with E-state index in [1.807, 2.05) is 13.8 Å². The average Bonchev–Trinajstić information content (AvgIpc) is 2.58. The quantitative estimate of drug-likeness (QED) is 0.848. The maximum Gasteiger partial charge on any atom is 0.356 e. The fourth-order valence-electron chi connectivity index (χ4n) is 1.68. The van der Waals surface area contributed by atoms with Crippen LogP contribution >= 0.6 is 0 Å². The molecule has 0 aliphatic heterocycles. The molecule has 0 amide bonds. The Bertz CT molecular complexity index is 560. The van der Waals surface area contributed by atoms with Crippen molar-refractivity contribution in [3.8, 4) is 0 Å². The van der Waals surface area contributed by atoms with Crippen molar-refractivity contribution in [2.24, 2.45) is 0 Å². The molecule has 2 aromatic heterocycles. The Hall–Kier alpha value is -1.91. The molecule has 0 aliphatic carbocycles. The van der Waals surface area contributed by atoms with Crippen molar-refractivity contribution < 1.29 is 14.3 Å². The standard InChI is InChI=1S/C11H11FN2O2/c1-6(2)10-13-8(11(15)16)9-7(12)4-3-5-14(9)10/h3-6H,1-2H3,(H,15,16). The third-order valence-corrected chi connectivity index (χ3v) is 2.36. The first-order valence-electron chi connectivity index (χ1n) is 4.92. The number of rotatable bonds is 2. The predicted octanol–water partition coefficient (Wildman–Crippen LogP) is 2.29. The number of halogens is 1. The van der Waals surface area contributed by atoms with E-state index in [4.69, 9.17) is 5.11 Å². The summed E-state index contributed by atoms with van der Waals surface area (Å²) in [4.78, 5) is 14.9. The number of carboxylic acid groups (broad SMARTS) is 1. The molecule has 0 spiro atoms. The summed E-state index contributed by atoms with van der Waals surface area (Å²) >= 11 is 0. The van der Waals surface area contributed by atoms with Gasteiger partial charge in [-0.3, -0.25) is 0 Å². The van der Waals surface area contributed by atoms with Gasteiger partial charge in [0.25, 0.3) is 0 Å². The number of carboxylic acids is 1. The topological polar surface area (TPSA) is 54.6 Å². The van der Waals surface area contributed by atoms with Gasteiger partial charge in [-0.25, -0.2) is 14.2 Å². The summed E-state index contributed by atoms with van der Waals surface area (Å²) < 4.78 is 15.0. The molecule has 2 heterocycles. The minimum atomic E-state index is -1.21. The molecule has 5 heteroatoms. The zero-order chi connectivity index (χ0) is 11.9. The molecule has 0 radical (unpaired) electrons. The molecule has 1 N–H and O–H groups in total. The lowest BCUT2D eigenvalue weighted by molar-refractivity contribution is 0.0693. The van der Waals surface area contributed by atoms with Crippen LogP contribution in [-0.2, 0) is 0 Å². The number of imidazole rings is 1. The van der Waals surface area contributed by atoms with E-state index < -0.39 is 11.8 Å². The summed E-state index contributed by atoms with van der Waals surface area (Å²) in [6.45, 7) is 3.76. The first-order valence-corrected chi connectivity index (χ1v) is 4.92. The zero-order valence-electron chi connectivity index (χ0n) is 8.94. The van der Waals surface area contributed by atoms with Crippen LogP contribution in [0.3, 0.4) is 0 Å². The normalized spacial score (nSPS) is 11.2. The molecular formula is C11H11FN2O2. The van der Waals surface area contributed by atoms with E-state index in [0.29, 0.717) is 5.82 Å². The Morgan fingerprint density at radius 3 is 2.81 bits per heavy atom. The zero-order valence-corrected chi connectivity index (χ0v) is 8.94. The van der Waals surface area contributed by atoms with Crippen LogP contribution in [0.2, 0.25) is 0 Å². The first-order chi connectivity index (χ1) is 7.52. The van der Waals surface area contributed by atoms with Crippen LogP contribution in [0.25, 0.3) is 5.52 Å². The fraction of sp³-hybridized carbons (Fsp3) is 0.273. The molecule has 84 valence electrons. The molecule has 0 fully saturated rings. The largest absolute Gasteiger partial charge is 0.476 e. The van der Waals surface area contributed by atoms with Gasteiger partial charge in [0.2, 0.25) is 0 Å². The number of aromatic carboxylic acids is 1. The number of aromatic nitrogens is 2. The monoisotopic (exact) mass is 222 g/mol. The van der Waals surface area contributed by atoms with E-state index in [1.54, 1.807) is 6.20 Å². The van der Waals surface area contributed by atoms with E-state index in [2.05, 4.69) is 4.98 Å². The molecule has 0 unspecified atom stereocenters. The highest BCUT2D eigenvalue weighted by molar-refractivity contribution is 5.93. The van der Waals surface area contributed by atoms with Crippen LogP contribution in [0.15, 0.2) is 18.3 Å². The number of pyridine rings is 1. The van der Waals surface area contributed by atoms with Gasteiger partial charge in [0.15, 0.2) is 5.69 Å². The van der Waals surface area contributed by atoms with Crippen molar-refractivity contribution in [1.29, 1.82) is 0 Å². The van der Waals surface area contributed by atoms with E-state index in [1.165, 1.54) is 16.5 Å². The Morgan fingerprint density at radius 2 is 2.25 bits per heavy atom. The molecule has 0 aromatic carbocycles. The first kappa shape index (κ1) is 10.6. The Morgan fingerprint density at radius 1 is 1.56 bits per heavy atom. The third-order valence-electron chi connectivity index (χ3n) is 2.36. The van der Waals surface area contributed by atoms with Gasteiger partial charge in [0.1, 0.15) is 17.2 Å². The van der Waals surface area contributed by atoms with Gasteiger partial charge in [-0.05, 0) is 12.1 Å². The average molecular weight is 222 g/mol. The number of hydrogen-bond acceptors (Lipinski definition) is 2. The molecule has 0 aliphatic rings. The van der Waals surface area contributed by atoms with Crippen molar-refractivity contribution in [2.45, 2.75) is 19.8 Å². The molecular weight excluding hydrogens is 211 g/mol. The van der Waals surface area contributed by atoms with E-state index in [0.717, 1.165) is 0 Å². The predicted molar refractivity (Wildman–Crippen MR) is 56.2 cm³/mol. The highest BCUT2D eigenvalue weighted by atomic mass is 19.1. The molecule has 4 nitrogen and oxygen atoms in total. The Kier molecular flexibility index (Phi) is 2.38. The summed E-state index contributed by atoms with van der Waals surface area (Å²) in [5.74, 6) is -1.21. The molecule has 2 rings (SSSR count). The number of hydrogen-bond donors (Lipinski definition) is 1. The SMILES string of the molecule is CC(C)c1nc(C(=O)O)c2c(F)cccn12. The summed E-state index contributed by atoms with van der Waals surface area (Å²) in [5, 5.41) is 8.96.